The van der Waals surface area contributed by atoms with Crippen LogP contribution in [0, 0.1) is 5.92 Å². The van der Waals surface area contributed by atoms with Gasteiger partial charge in [-0.2, -0.15) is 0 Å². The SMILES string of the molecule is CC1CCn2cnc(CS(C)(=O)=O)c2C1. The fraction of sp³-hybridized carbons (Fsp3) is 0.700. The summed E-state index contributed by atoms with van der Waals surface area (Å²) < 4.78 is 24.5. The van der Waals surface area contributed by atoms with E-state index in [9.17, 15) is 8.42 Å². The standard InChI is InChI=1S/C10H16N2O2S/c1-8-3-4-12-7-11-9(10(12)5-8)6-15(2,13)14/h7-8H,3-6H2,1-2H3. The average molecular weight is 228 g/mol. The third kappa shape index (κ3) is 2.40. The van der Waals surface area contributed by atoms with Crippen molar-refractivity contribution in [3.63, 3.8) is 0 Å². The predicted octanol–water partition coefficient (Wildman–Crippen LogP) is 1.01. The highest BCUT2D eigenvalue weighted by molar-refractivity contribution is 7.89. The number of fused-ring (bicyclic) bond motifs is 1. The van der Waals surface area contributed by atoms with Gasteiger partial charge in [0.1, 0.15) is 0 Å². The van der Waals surface area contributed by atoms with Crippen molar-refractivity contribution in [1.29, 1.82) is 0 Å². The van der Waals surface area contributed by atoms with E-state index in [1.165, 1.54) is 6.26 Å². The van der Waals surface area contributed by atoms with E-state index in [0.29, 0.717) is 5.92 Å². The molecule has 0 radical (unpaired) electrons. The molecule has 1 atom stereocenters. The van der Waals surface area contributed by atoms with Crippen molar-refractivity contribution in [2.24, 2.45) is 5.92 Å². The molecule has 0 saturated heterocycles. The highest BCUT2D eigenvalue weighted by Gasteiger charge is 2.21. The number of sulfone groups is 1. The molecule has 15 heavy (non-hydrogen) atoms. The van der Waals surface area contributed by atoms with Gasteiger partial charge in [0.2, 0.25) is 0 Å². The Balaban J connectivity index is 2.31. The maximum absolute atomic E-state index is 11.2. The van der Waals surface area contributed by atoms with Crippen LogP contribution >= 0.6 is 0 Å². The van der Waals surface area contributed by atoms with E-state index < -0.39 is 9.84 Å². The Labute approximate surface area is 90.2 Å². The molecule has 2 heterocycles. The van der Waals surface area contributed by atoms with Gasteiger partial charge in [0.25, 0.3) is 0 Å². The van der Waals surface area contributed by atoms with Crippen LogP contribution in [0.5, 0.6) is 0 Å². The topological polar surface area (TPSA) is 52.0 Å². The Hall–Kier alpha value is -0.840. The lowest BCUT2D eigenvalue weighted by atomic mass is 9.97. The van der Waals surface area contributed by atoms with E-state index in [4.69, 9.17) is 0 Å². The number of aromatic nitrogens is 2. The lowest BCUT2D eigenvalue weighted by Crippen LogP contribution is -2.18. The van der Waals surface area contributed by atoms with Crippen LogP contribution in [0.3, 0.4) is 0 Å². The van der Waals surface area contributed by atoms with Crippen LogP contribution in [0.4, 0.5) is 0 Å². The van der Waals surface area contributed by atoms with E-state index in [1.54, 1.807) is 6.33 Å². The lowest BCUT2D eigenvalue weighted by molar-refractivity contribution is 0.415. The van der Waals surface area contributed by atoms with Crippen molar-refractivity contribution >= 4 is 9.84 Å². The Bertz CT molecular complexity index is 462. The normalized spacial score (nSPS) is 21.3. The second-order valence-corrected chi connectivity index (χ2v) is 6.64. The lowest BCUT2D eigenvalue weighted by Gasteiger charge is -2.21. The zero-order chi connectivity index (χ0) is 11.1. The van der Waals surface area contributed by atoms with Gasteiger partial charge in [-0.05, 0) is 18.8 Å². The second-order valence-electron chi connectivity index (χ2n) is 4.50. The van der Waals surface area contributed by atoms with Crippen LogP contribution in [0.25, 0.3) is 0 Å². The maximum atomic E-state index is 11.2. The van der Waals surface area contributed by atoms with Crippen LogP contribution < -0.4 is 0 Å². The molecule has 0 bridgehead atoms. The van der Waals surface area contributed by atoms with Crippen LogP contribution in [-0.2, 0) is 28.6 Å². The predicted molar refractivity (Wildman–Crippen MR) is 58.3 cm³/mol. The average Bonchev–Trinajstić information content (AvgIpc) is 2.46. The monoisotopic (exact) mass is 228 g/mol. The number of nitrogens with zero attached hydrogens (tertiary/aromatic N) is 2. The molecule has 0 aromatic carbocycles. The summed E-state index contributed by atoms with van der Waals surface area (Å²) in [7, 11) is -2.97. The summed E-state index contributed by atoms with van der Waals surface area (Å²) in [6.45, 7) is 3.16. The molecular weight excluding hydrogens is 212 g/mol. The number of rotatable bonds is 2. The van der Waals surface area contributed by atoms with Gasteiger partial charge < -0.3 is 4.57 Å². The summed E-state index contributed by atoms with van der Waals surface area (Å²) in [6, 6.07) is 0. The van der Waals surface area contributed by atoms with Gasteiger partial charge >= 0.3 is 0 Å². The number of hydrogen-bond donors (Lipinski definition) is 0. The summed E-state index contributed by atoms with van der Waals surface area (Å²) in [4.78, 5) is 4.20. The third-order valence-corrected chi connectivity index (χ3v) is 3.63. The van der Waals surface area contributed by atoms with Crippen molar-refractivity contribution in [3.05, 3.63) is 17.7 Å². The van der Waals surface area contributed by atoms with E-state index >= 15 is 0 Å². The quantitative estimate of drug-likeness (QED) is 0.759. The zero-order valence-corrected chi connectivity index (χ0v) is 9.92. The molecule has 0 spiro atoms. The Morgan fingerprint density at radius 1 is 1.60 bits per heavy atom. The number of imidazole rings is 1. The molecule has 5 heteroatoms. The van der Waals surface area contributed by atoms with Crippen LogP contribution in [-0.4, -0.2) is 24.2 Å². The van der Waals surface area contributed by atoms with Gasteiger partial charge in [0.05, 0.1) is 17.8 Å². The van der Waals surface area contributed by atoms with Gasteiger partial charge in [-0.25, -0.2) is 13.4 Å². The molecule has 4 nitrogen and oxygen atoms in total. The Morgan fingerprint density at radius 2 is 2.33 bits per heavy atom. The van der Waals surface area contributed by atoms with Crippen molar-refractivity contribution in [2.45, 2.75) is 32.1 Å². The summed E-state index contributed by atoms with van der Waals surface area (Å²) in [5.74, 6) is 0.703. The number of hydrogen-bond acceptors (Lipinski definition) is 3. The molecule has 0 N–H and O–H groups in total. The van der Waals surface area contributed by atoms with Crippen molar-refractivity contribution in [3.8, 4) is 0 Å². The zero-order valence-electron chi connectivity index (χ0n) is 9.10. The van der Waals surface area contributed by atoms with Crippen molar-refractivity contribution in [1.82, 2.24) is 9.55 Å². The van der Waals surface area contributed by atoms with Crippen molar-refractivity contribution in [2.75, 3.05) is 6.26 Å². The molecule has 1 aromatic heterocycles. The van der Waals surface area contributed by atoms with Crippen LogP contribution in [0.1, 0.15) is 24.7 Å². The van der Waals surface area contributed by atoms with Crippen LogP contribution in [0.15, 0.2) is 6.33 Å². The van der Waals surface area contributed by atoms with Crippen LogP contribution in [0.2, 0.25) is 0 Å². The molecule has 0 saturated carbocycles. The molecule has 0 fully saturated rings. The van der Waals surface area contributed by atoms with E-state index in [1.807, 2.05) is 0 Å². The Kier molecular flexibility index (Phi) is 2.58. The first-order chi connectivity index (χ1) is 6.96. The molecule has 1 aromatic rings. The molecule has 0 aliphatic carbocycles. The smallest absolute Gasteiger partial charge is 0.153 e. The molecular formula is C10H16N2O2S. The first kappa shape index (κ1) is 10.7. The summed E-state index contributed by atoms with van der Waals surface area (Å²) in [5.41, 5.74) is 1.85. The summed E-state index contributed by atoms with van der Waals surface area (Å²) in [6.07, 6.45) is 5.12. The largest absolute Gasteiger partial charge is 0.334 e. The first-order valence-electron chi connectivity index (χ1n) is 5.16. The van der Waals surface area contributed by atoms with Crippen molar-refractivity contribution < 1.29 is 8.42 Å². The minimum Gasteiger partial charge on any atom is -0.334 e. The fourth-order valence-electron chi connectivity index (χ4n) is 2.04. The van der Waals surface area contributed by atoms with E-state index in [-0.39, 0.29) is 5.75 Å². The first-order valence-corrected chi connectivity index (χ1v) is 7.22. The molecule has 1 unspecified atom stereocenters. The molecule has 0 amide bonds. The van der Waals surface area contributed by atoms with Gasteiger partial charge in [-0.15, -0.1) is 0 Å². The maximum Gasteiger partial charge on any atom is 0.153 e. The molecule has 2 rings (SSSR count). The second kappa shape index (κ2) is 3.63. The molecule has 1 aliphatic heterocycles. The van der Waals surface area contributed by atoms with Gasteiger partial charge in [0.15, 0.2) is 9.84 Å². The summed E-state index contributed by atoms with van der Waals surface area (Å²) in [5, 5.41) is 0. The van der Waals surface area contributed by atoms with Gasteiger partial charge in [-0.1, -0.05) is 6.92 Å². The third-order valence-electron chi connectivity index (χ3n) is 2.84. The molecule has 84 valence electrons. The highest BCUT2D eigenvalue weighted by Crippen LogP contribution is 2.23. The number of aryl methyl sites for hydroxylation is 1. The minimum atomic E-state index is -2.97. The van der Waals surface area contributed by atoms with Gasteiger partial charge in [-0.3, -0.25) is 0 Å². The Morgan fingerprint density at radius 3 is 3.00 bits per heavy atom. The van der Waals surface area contributed by atoms with E-state index in [0.717, 1.165) is 30.8 Å². The fourth-order valence-corrected chi connectivity index (χ4v) is 2.78. The summed E-state index contributed by atoms with van der Waals surface area (Å²) >= 11 is 0. The van der Waals surface area contributed by atoms with Gasteiger partial charge in [0, 0.05) is 18.5 Å². The minimum absolute atomic E-state index is 0.0715. The van der Waals surface area contributed by atoms with E-state index in [2.05, 4.69) is 16.5 Å². The molecule has 1 aliphatic rings. The highest BCUT2D eigenvalue weighted by atomic mass is 32.2.